The number of nitrogens with two attached hydrogens (primary N) is 1. The molecule has 0 atom stereocenters. The molecule has 4 nitrogen and oxygen atoms in total. The molecule has 1 aromatic carbocycles. The molecule has 1 aliphatic rings. The lowest BCUT2D eigenvalue weighted by molar-refractivity contribution is -0.153. The van der Waals surface area contributed by atoms with E-state index in [0.717, 1.165) is 25.9 Å². The SMILES string of the molecule is NC(=O)c1ccc(OCC(F)(F)F)c(N2CCCC2)c1. The number of rotatable bonds is 4. The van der Waals surface area contributed by atoms with Gasteiger partial charge in [-0.05, 0) is 31.0 Å². The standard InChI is InChI=1S/C13H15F3N2O2/c14-13(15,16)8-20-11-4-3-9(12(17)19)7-10(11)18-5-1-2-6-18/h3-4,7H,1-2,5-6,8H2,(H2,17,19). The lowest BCUT2D eigenvalue weighted by Crippen LogP contribution is -2.23. The Morgan fingerprint density at radius 3 is 2.50 bits per heavy atom. The van der Waals surface area contributed by atoms with Gasteiger partial charge in [-0.3, -0.25) is 4.79 Å². The summed E-state index contributed by atoms with van der Waals surface area (Å²) >= 11 is 0. The van der Waals surface area contributed by atoms with E-state index in [-0.39, 0.29) is 11.3 Å². The number of amides is 1. The van der Waals surface area contributed by atoms with Crippen LogP contribution >= 0.6 is 0 Å². The molecule has 1 heterocycles. The van der Waals surface area contributed by atoms with Crippen LogP contribution in [0.3, 0.4) is 0 Å². The average Bonchev–Trinajstić information content (AvgIpc) is 2.88. The molecule has 1 saturated heterocycles. The summed E-state index contributed by atoms with van der Waals surface area (Å²) in [6.07, 6.45) is -2.48. The van der Waals surface area contributed by atoms with E-state index in [4.69, 9.17) is 10.5 Å². The van der Waals surface area contributed by atoms with Crippen molar-refractivity contribution in [3.63, 3.8) is 0 Å². The normalized spacial score (nSPS) is 15.4. The van der Waals surface area contributed by atoms with Gasteiger partial charge in [0.05, 0.1) is 5.69 Å². The van der Waals surface area contributed by atoms with E-state index in [9.17, 15) is 18.0 Å². The summed E-state index contributed by atoms with van der Waals surface area (Å²) in [5, 5.41) is 0. The zero-order valence-electron chi connectivity index (χ0n) is 10.7. The van der Waals surface area contributed by atoms with Crippen LogP contribution in [0, 0.1) is 0 Å². The molecule has 7 heteroatoms. The van der Waals surface area contributed by atoms with Crippen molar-refractivity contribution in [3.05, 3.63) is 23.8 Å². The van der Waals surface area contributed by atoms with Crippen molar-refractivity contribution >= 4 is 11.6 Å². The Bertz CT molecular complexity index is 497. The number of primary amides is 1. The van der Waals surface area contributed by atoms with Gasteiger partial charge in [0, 0.05) is 18.7 Å². The summed E-state index contributed by atoms with van der Waals surface area (Å²) in [7, 11) is 0. The van der Waals surface area contributed by atoms with Crippen LogP contribution in [0.5, 0.6) is 5.75 Å². The molecule has 0 saturated carbocycles. The summed E-state index contributed by atoms with van der Waals surface area (Å²) in [4.78, 5) is 13.1. The quantitative estimate of drug-likeness (QED) is 0.925. The number of benzene rings is 1. The number of carbonyl (C=O) groups is 1. The lowest BCUT2D eigenvalue weighted by atomic mass is 10.1. The van der Waals surface area contributed by atoms with Crippen LogP contribution < -0.4 is 15.4 Å². The van der Waals surface area contributed by atoms with Gasteiger partial charge in [0.2, 0.25) is 5.91 Å². The second kappa shape index (κ2) is 5.60. The van der Waals surface area contributed by atoms with E-state index in [1.807, 2.05) is 4.90 Å². The summed E-state index contributed by atoms with van der Waals surface area (Å²) < 4.78 is 41.6. The molecule has 2 rings (SSSR count). The van der Waals surface area contributed by atoms with E-state index >= 15 is 0 Å². The molecule has 0 radical (unpaired) electrons. The van der Waals surface area contributed by atoms with Crippen LogP contribution in [0.2, 0.25) is 0 Å². The second-order valence-electron chi connectivity index (χ2n) is 4.64. The predicted octanol–water partition coefficient (Wildman–Crippen LogP) is 2.33. The molecule has 2 N–H and O–H groups in total. The minimum absolute atomic E-state index is 0.120. The summed E-state index contributed by atoms with van der Waals surface area (Å²) in [6.45, 7) is 0.0962. The molecule has 0 bridgehead atoms. The zero-order chi connectivity index (χ0) is 14.8. The minimum Gasteiger partial charge on any atom is -0.482 e. The first-order valence-corrected chi connectivity index (χ1v) is 6.25. The fourth-order valence-electron chi connectivity index (χ4n) is 2.16. The third-order valence-corrected chi connectivity index (χ3v) is 3.08. The molecule has 1 aromatic rings. The first-order chi connectivity index (χ1) is 9.37. The zero-order valence-corrected chi connectivity index (χ0v) is 10.7. The molecule has 0 aromatic heterocycles. The van der Waals surface area contributed by atoms with Crippen LogP contribution in [-0.2, 0) is 0 Å². The molecule has 1 aliphatic heterocycles. The molecule has 110 valence electrons. The van der Waals surface area contributed by atoms with E-state index in [0.29, 0.717) is 5.69 Å². The van der Waals surface area contributed by atoms with Gasteiger partial charge < -0.3 is 15.4 Å². The minimum atomic E-state index is -4.40. The molecular weight excluding hydrogens is 273 g/mol. The van der Waals surface area contributed by atoms with Gasteiger partial charge in [-0.15, -0.1) is 0 Å². The topological polar surface area (TPSA) is 55.6 Å². The Hall–Kier alpha value is -1.92. The van der Waals surface area contributed by atoms with Crippen LogP contribution in [0.4, 0.5) is 18.9 Å². The largest absolute Gasteiger partial charge is 0.482 e. The van der Waals surface area contributed by atoms with Crippen molar-refractivity contribution in [1.29, 1.82) is 0 Å². The van der Waals surface area contributed by atoms with Gasteiger partial charge in [-0.1, -0.05) is 0 Å². The van der Waals surface area contributed by atoms with E-state index in [1.165, 1.54) is 18.2 Å². The van der Waals surface area contributed by atoms with Crippen LogP contribution in [0.15, 0.2) is 18.2 Å². The summed E-state index contributed by atoms with van der Waals surface area (Å²) in [6, 6.07) is 4.21. The monoisotopic (exact) mass is 288 g/mol. The number of hydrogen-bond donors (Lipinski definition) is 1. The fraction of sp³-hybridized carbons (Fsp3) is 0.462. The highest BCUT2D eigenvalue weighted by molar-refractivity contribution is 5.94. The Kier molecular flexibility index (Phi) is 4.06. The van der Waals surface area contributed by atoms with E-state index in [2.05, 4.69) is 0 Å². The van der Waals surface area contributed by atoms with Crippen LogP contribution in [-0.4, -0.2) is 31.8 Å². The first kappa shape index (κ1) is 14.5. The highest BCUT2D eigenvalue weighted by Crippen LogP contribution is 2.33. The average molecular weight is 288 g/mol. The number of halogens is 3. The van der Waals surface area contributed by atoms with Crippen molar-refractivity contribution in [1.82, 2.24) is 0 Å². The lowest BCUT2D eigenvalue weighted by Gasteiger charge is -2.22. The number of nitrogens with zero attached hydrogens (tertiary/aromatic N) is 1. The van der Waals surface area contributed by atoms with Gasteiger partial charge in [-0.2, -0.15) is 13.2 Å². The van der Waals surface area contributed by atoms with Gasteiger partial charge in [0.25, 0.3) is 0 Å². The van der Waals surface area contributed by atoms with Crippen LogP contribution in [0.1, 0.15) is 23.2 Å². The molecular formula is C13H15F3N2O2. The smallest absolute Gasteiger partial charge is 0.422 e. The van der Waals surface area contributed by atoms with Crippen LogP contribution in [0.25, 0.3) is 0 Å². The van der Waals surface area contributed by atoms with Gasteiger partial charge in [0.1, 0.15) is 5.75 Å². The fourth-order valence-corrected chi connectivity index (χ4v) is 2.16. The van der Waals surface area contributed by atoms with Crippen molar-refractivity contribution in [2.45, 2.75) is 19.0 Å². The molecule has 0 aliphatic carbocycles. The summed E-state index contributed by atoms with van der Waals surface area (Å²) in [5.74, 6) is -0.498. The van der Waals surface area contributed by atoms with Crippen molar-refractivity contribution in [2.24, 2.45) is 5.73 Å². The first-order valence-electron chi connectivity index (χ1n) is 6.25. The number of anilines is 1. The summed E-state index contributed by atoms with van der Waals surface area (Å²) in [5.41, 5.74) is 5.94. The van der Waals surface area contributed by atoms with Crippen molar-refractivity contribution < 1.29 is 22.7 Å². The third-order valence-electron chi connectivity index (χ3n) is 3.08. The van der Waals surface area contributed by atoms with Gasteiger partial charge in [-0.25, -0.2) is 0 Å². The van der Waals surface area contributed by atoms with Crippen molar-refractivity contribution in [2.75, 3.05) is 24.6 Å². The maximum Gasteiger partial charge on any atom is 0.422 e. The number of ether oxygens (including phenoxy) is 1. The maximum absolute atomic E-state index is 12.2. The Balaban J connectivity index is 2.27. The van der Waals surface area contributed by atoms with E-state index in [1.54, 1.807) is 0 Å². The molecule has 1 amide bonds. The Labute approximate surface area is 114 Å². The number of alkyl halides is 3. The second-order valence-corrected chi connectivity index (χ2v) is 4.64. The number of carbonyl (C=O) groups excluding carboxylic acids is 1. The third kappa shape index (κ3) is 3.55. The predicted molar refractivity (Wildman–Crippen MR) is 68.0 cm³/mol. The Morgan fingerprint density at radius 2 is 1.95 bits per heavy atom. The highest BCUT2D eigenvalue weighted by Gasteiger charge is 2.29. The molecule has 20 heavy (non-hydrogen) atoms. The van der Waals surface area contributed by atoms with Gasteiger partial charge in [0.15, 0.2) is 6.61 Å². The molecule has 0 spiro atoms. The highest BCUT2D eigenvalue weighted by atomic mass is 19.4. The molecule has 0 unspecified atom stereocenters. The number of hydrogen-bond acceptors (Lipinski definition) is 3. The van der Waals surface area contributed by atoms with Crippen molar-refractivity contribution in [3.8, 4) is 5.75 Å². The van der Waals surface area contributed by atoms with Gasteiger partial charge >= 0.3 is 6.18 Å². The van der Waals surface area contributed by atoms with E-state index < -0.39 is 18.7 Å². The Morgan fingerprint density at radius 1 is 1.30 bits per heavy atom. The maximum atomic E-state index is 12.2. The molecule has 1 fully saturated rings.